The van der Waals surface area contributed by atoms with E-state index in [4.69, 9.17) is 0 Å². The molecule has 1 unspecified atom stereocenters. The fourth-order valence-electron chi connectivity index (χ4n) is 1.09. The Balaban J connectivity index is 2.26. The second-order valence-electron chi connectivity index (χ2n) is 2.45. The fraction of sp³-hybridized carbons (Fsp3) is 0.286. The van der Waals surface area contributed by atoms with Crippen LogP contribution in [-0.4, -0.2) is 16.9 Å². The molecule has 0 amide bonds. The zero-order valence-electron chi connectivity index (χ0n) is 6.02. The molecule has 5 heteroatoms. The molecule has 12 heavy (non-hydrogen) atoms. The molecule has 1 aromatic rings. The van der Waals surface area contributed by atoms with Gasteiger partial charge in [-0.3, -0.25) is 14.6 Å². The fourth-order valence-corrected chi connectivity index (χ4v) is 1.80. The Morgan fingerprint density at radius 3 is 2.92 bits per heavy atom. The van der Waals surface area contributed by atoms with Crippen LogP contribution in [0.2, 0.25) is 0 Å². The summed E-state index contributed by atoms with van der Waals surface area (Å²) in [6.45, 7) is 0. The van der Waals surface area contributed by atoms with Crippen molar-refractivity contribution in [2.24, 2.45) is 0 Å². The van der Waals surface area contributed by atoms with Crippen molar-refractivity contribution in [1.29, 1.82) is 0 Å². The van der Waals surface area contributed by atoms with Gasteiger partial charge < -0.3 is 4.74 Å². The lowest BCUT2D eigenvalue weighted by Crippen LogP contribution is -2.03. The zero-order valence-corrected chi connectivity index (χ0v) is 6.84. The molecule has 0 saturated carbocycles. The number of nitrogens with zero attached hydrogens (tertiary/aromatic N) is 1. The Morgan fingerprint density at radius 2 is 2.42 bits per heavy atom. The maximum absolute atomic E-state index is 11.0. The summed E-state index contributed by atoms with van der Waals surface area (Å²) in [7, 11) is 0. The second-order valence-corrected chi connectivity index (χ2v) is 3.37. The van der Waals surface area contributed by atoms with Crippen LogP contribution in [0.15, 0.2) is 11.7 Å². The van der Waals surface area contributed by atoms with Gasteiger partial charge in [-0.05, 0) is 0 Å². The minimum Gasteiger partial charge on any atom is -0.393 e. The summed E-state index contributed by atoms with van der Waals surface area (Å²) in [6, 6.07) is 0. The van der Waals surface area contributed by atoms with E-state index in [0.29, 0.717) is 0 Å². The number of hydrogen-bond acceptors (Lipinski definition) is 5. The summed E-state index contributed by atoms with van der Waals surface area (Å²) in [5.41, 5.74) is 1.63. The van der Waals surface area contributed by atoms with Crippen LogP contribution in [0.5, 0.6) is 0 Å². The first-order valence-corrected chi connectivity index (χ1v) is 4.28. The SMILES string of the molecule is O=C1CC(c2cncs2)C(=O)O1. The van der Waals surface area contributed by atoms with E-state index < -0.39 is 17.9 Å². The number of carbonyl (C=O) groups is 2. The summed E-state index contributed by atoms with van der Waals surface area (Å²) >= 11 is 1.36. The highest BCUT2D eigenvalue weighted by molar-refractivity contribution is 7.09. The van der Waals surface area contributed by atoms with Crippen molar-refractivity contribution in [3.05, 3.63) is 16.6 Å². The van der Waals surface area contributed by atoms with Crippen LogP contribution < -0.4 is 0 Å². The molecular weight excluding hydrogens is 178 g/mol. The van der Waals surface area contributed by atoms with E-state index in [1.54, 1.807) is 11.7 Å². The number of thiazole rings is 1. The van der Waals surface area contributed by atoms with Gasteiger partial charge in [-0.15, -0.1) is 11.3 Å². The van der Waals surface area contributed by atoms with E-state index in [2.05, 4.69) is 9.72 Å². The average Bonchev–Trinajstić information content (AvgIpc) is 2.58. The summed E-state index contributed by atoms with van der Waals surface area (Å²) < 4.78 is 4.40. The molecule has 4 nitrogen and oxygen atoms in total. The topological polar surface area (TPSA) is 56.3 Å². The van der Waals surface area contributed by atoms with Crippen LogP contribution >= 0.6 is 11.3 Å². The monoisotopic (exact) mass is 183 g/mol. The highest BCUT2D eigenvalue weighted by atomic mass is 32.1. The molecule has 1 saturated heterocycles. The van der Waals surface area contributed by atoms with Crippen LogP contribution in [0, 0.1) is 0 Å². The number of hydrogen-bond donors (Lipinski definition) is 0. The van der Waals surface area contributed by atoms with Crippen LogP contribution in [0.3, 0.4) is 0 Å². The van der Waals surface area contributed by atoms with Crippen molar-refractivity contribution in [3.8, 4) is 0 Å². The van der Waals surface area contributed by atoms with E-state index in [9.17, 15) is 9.59 Å². The van der Waals surface area contributed by atoms with Gasteiger partial charge in [0.2, 0.25) is 0 Å². The molecule has 0 N–H and O–H groups in total. The Kier molecular flexibility index (Phi) is 1.65. The number of esters is 2. The maximum atomic E-state index is 11.0. The van der Waals surface area contributed by atoms with Gasteiger partial charge in [-0.2, -0.15) is 0 Å². The minimum absolute atomic E-state index is 0.154. The van der Waals surface area contributed by atoms with Gasteiger partial charge in [-0.25, -0.2) is 0 Å². The summed E-state index contributed by atoms with van der Waals surface area (Å²) in [5, 5.41) is 0. The molecule has 0 bridgehead atoms. The molecule has 0 spiro atoms. The van der Waals surface area contributed by atoms with Crippen molar-refractivity contribution in [1.82, 2.24) is 4.98 Å². The lowest BCUT2D eigenvalue weighted by molar-refractivity contribution is -0.152. The third-order valence-corrected chi connectivity index (χ3v) is 2.55. The molecule has 1 atom stereocenters. The van der Waals surface area contributed by atoms with Gasteiger partial charge in [0.1, 0.15) is 5.92 Å². The second kappa shape index (κ2) is 2.67. The smallest absolute Gasteiger partial charge is 0.322 e. The Labute approximate surface area is 72.2 Å². The molecule has 1 aliphatic rings. The summed E-state index contributed by atoms with van der Waals surface area (Å²) in [4.78, 5) is 26.3. The molecular formula is C7H5NO3S. The van der Waals surface area contributed by atoms with Gasteiger partial charge in [0.25, 0.3) is 0 Å². The Morgan fingerprint density at radius 1 is 1.58 bits per heavy atom. The zero-order chi connectivity index (χ0) is 8.55. The molecule has 1 aromatic heterocycles. The highest BCUT2D eigenvalue weighted by Crippen LogP contribution is 2.29. The van der Waals surface area contributed by atoms with Gasteiger partial charge in [-0.1, -0.05) is 0 Å². The van der Waals surface area contributed by atoms with Crippen molar-refractivity contribution < 1.29 is 14.3 Å². The first-order chi connectivity index (χ1) is 5.77. The minimum atomic E-state index is -0.454. The van der Waals surface area contributed by atoms with Crippen LogP contribution in [0.4, 0.5) is 0 Å². The molecule has 0 aromatic carbocycles. The van der Waals surface area contributed by atoms with Crippen molar-refractivity contribution >= 4 is 23.3 Å². The largest absolute Gasteiger partial charge is 0.393 e. The normalized spacial score (nSPS) is 22.8. The Hall–Kier alpha value is -1.23. The van der Waals surface area contributed by atoms with E-state index in [1.807, 2.05) is 0 Å². The molecule has 1 aliphatic heterocycles. The quantitative estimate of drug-likeness (QED) is 0.475. The van der Waals surface area contributed by atoms with E-state index in [0.717, 1.165) is 4.88 Å². The number of rotatable bonds is 1. The van der Waals surface area contributed by atoms with Gasteiger partial charge in [0.15, 0.2) is 0 Å². The van der Waals surface area contributed by atoms with Gasteiger partial charge >= 0.3 is 11.9 Å². The number of aromatic nitrogens is 1. The van der Waals surface area contributed by atoms with Crippen molar-refractivity contribution in [3.63, 3.8) is 0 Å². The third-order valence-electron chi connectivity index (χ3n) is 1.66. The van der Waals surface area contributed by atoms with Crippen molar-refractivity contribution in [2.45, 2.75) is 12.3 Å². The summed E-state index contributed by atoms with van der Waals surface area (Å²) in [6.07, 6.45) is 1.75. The van der Waals surface area contributed by atoms with E-state index in [-0.39, 0.29) is 6.42 Å². The lowest BCUT2D eigenvalue weighted by Gasteiger charge is -1.96. The molecule has 62 valence electrons. The molecule has 2 rings (SSSR count). The predicted molar refractivity (Wildman–Crippen MR) is 40.6 cm³/mol. The molecule has 2 heterocycles. The molecule has 0 radical (unpaired) electrons. The van der Waals surface area contributed by atoms with E-state index >= 15 is 0 Å². The van der Waals surface area contributed by atoms with Gasteiger partial charge in [0.05, 0.1) is 11.9 Å². The standard InChI is InChI=1S/C7H5NO3S/c9-6-1-4(7(10)11-6)5-2-8-3-12-5/h2-4H,1H2. The predicted octanol–water partition coefficient (Wildman–Crippen LogP) is 0.700. The molecule has 0 aliphatic carbocycles. The molecule has 1 fully saturated rings. The van der Waals surface area contributed by atoms with Gasteiger partial charge in [0, 0.05) is 11.1 Å². The Bertz CT molecular complexity index is 319. The van der Waals surface area contributed by atoms with Crippen LogP contribution in [-0.2, 0) is 14.3 Å². The first kappa shape index (κ1) is 7.42. The van der Waals surface area contributed by atoms with Crippen molar-refractivity contribution in [2.75, 3.05) is 0 Å². The number of ether oxygens (including phenoxy) is 1. The average molecular weight is 183 g/mol. The third kappa shape index (κ3) is 1.12. The maximum Gasteiger partial charge on any atom is 0.322 e. The lowest BCUT2D eigenvalue weighted by atomic mass is 10.1. The van der Waals surface area contributed by atoms with E-state index in [1.165, 1.54) is 11.3 Å². The summed E-state index contributed by atoms with van der Waals surface area (Å²) in [5.74, 6) is -1.31. The van der Waals surface area contributed by atoms with Crippen LogP contribution in [0.1, 0.15) is 17.2 Å². The van der Waals surface area contributed by atoms with Crippen LogP contribution in [0.25, 0.3) is 0 Å². The number of carbonyl (C=O) groups excluding carboxylic acids is 2. The first-order valence-electron chi connectivity index (χ1n) is 3.40. The number of cyclic esters (lactones) is 2. The highest BCUT2D eigenvalue weighted by Gasteiger charge is 2.35.